The molecule has 0 saturated carbocycles. The zero-order valence-electron chi connectivity index (χ0n) is 9.63. The summed E-state index contributed by atoms with van der Waals surface area (Å²) in [6, 6.07) is 4.26. The number of aryl methyl sites for hydroxylation is 1. The highest BCUT2D eigenvalue weighted by Gasteiger charge is 2.15. The van der Waals surface area contributed by atoms with Crippen LogP contribution in [0.1, 0.15) is 29.6 Å². The van der Waals surface area contributed by atoms with Crippen molar-refractivity contribution in [1.82, 2.24) is 10.6 Å². The van der Waals surface area contributed by atoms with E-state index >= 15 is 0 Å². The van der Waals surface area contributed by atoms with Gasteiger partial charge in [-0.05, 0) is 32.9 Å². The van der Waals surface area contributed by atoms with Gasteiger partial charge in [0.25, 0.3) is 0 Å². The summed E-state index contributed by atoms with van der Waals surface area (Å²) in [5.41, 5.74) is 0. The van der Waals surface area contributed by atoms with Crippen LogP contribution in [0.15, 0.2) is 12.1 Å². The molecule has 1 amide bonds. The Labute approximate surface area is 94.9 Å². The lowest BCUT2D eigenvalue weighted by atomic mass is 10.2. The van der Waals surface area contributed by atoms with Crippen LogP contribution in [-0.2, 0) is 4.79 Å². The van der Waals surface area contributed by atoms with Gasteiger partial charge in [-0.15, -0.1) is 11.3 Å². The van der Waals surface area contributed by atoms with E-state index in [0.29, 0.717) is 0 Å². The first-order valence-corrected chi connectivity index (χ1v) is 5.90. The second-order valence-electron chi connectivity index (χ2n) is 3.67. The smallest absolute Gasteiger partial charge is 0.236 e. The van der Waals surface area contributed by atoms with Gasteiger partial charge in [0.15, 0.2) is 0 Å². The average molecular weight is 226 g/mol. The summed E-state index contributed by atoms with van der Waals surface area (Å²) in [6.07, 6.45) is 0. The minimum Gasteiger partial charge on any atom is -0.358 e. The van der Waals surface area contributed by atoms with Gasteiger partial charge in [0, 0.05) is 22.8 Å². The highest BCUT2D eigenvalue weighted by Crippen LogP contribution is 2.22. The highest BCUT2D eigenvalue weighted by molar-refractivity contribution is 7.12. The summed E-state index contributed by atoms with van der Waals surface area (Å²) in [5, 5.41) is 5.89. The fourth-order valence-electron chi connectivity index (χ4n) is 1.44. The van der Waals surface area contributed by atoms with E-state index in [4.69, 9.17) is 0 Å². The molecule has 2 N–H and O–H groups in total. The number of likely N-dealkylation sites (N-methyl/N-ethyl adjacent to an activating group) is 1. The lowest BCUT2D eigenvalue weighted by Gasteiger charge is -2.17. The van der Waals surface area contributed by atoms with Gasteiger partial charge >= 0.3 is 0 Å². The van der Waals surface area contributed by atoms with Gasteiger partial charge in [-0.2, -0.15) is 0 Å². The van der Waals surface area contributed by atoms with E-state index in [2.05, 4.69) is 36.6 Å². The van der Waals surface area contributed by atoms with E-state index < -0.39 is 0 Å². The third-order valence-electron chi connectivity index (χ3n) is 2.33. The predicted octanol–water partition coefficient (Wildman–Crippen LogP) is 1.84. The van der Waals surface area contributed by atoms with Crippen LogP contribution in [0.5, 0.6) is 0 Å². The van der Waals surface area contributed by atoms with Crippen LogP contribution in [0.25, 0.3) is 0 Å². The van der Waals surface area contributed by atoms with Crippen LogP contribution in [0.3, 0.4) is 0 Å². The molecule has 84 valence electrons. The first kappa shape index (κ1) is 12.2. The van der Waals surface area contributed by atoms with Crippen LogP contribution >= 0.6 is 11.3 Å². The molecule has 0 aromatic carbocycles. The summed E-state index contributed by atoms with van der Waals surface area (Å²) in [5.74, 6) is 0.0233. The molecule has 0 aliphatic heterocycles. The topological polar surface area (TPSA) is 41.1 Å². The van der Waals surface area contributed by atoms with Gasteiger partial charge < -0.3 is 5.32 Å². The molecule has 1 aromatic heterocycles. The Kier molecular flexibility index (Phi) is 4.29. The van der Waals surface area contributed by atoms with Crippen LogP contribution in [0, 0.1) is 6.92 Å². The minimum absolute atomic E-state index is 0.0233. The molecule has 1 heterocycles. The molecule has 0 aliphatic rings. The number of hydrogen-bond acceptors (Lipinski definition) is 3. The molecule has 0 saturated heterocycles. The molecule has 3 nitrogen and oxygen atoms in total. The lowest BCUT2D eigenvalue weighted by molar-refractivity contribution is -0.122. The van der Waals surface area contributed by atoms with E-state index in [9.17, 15) is 4.79 Å². The molecule has 4 heteroatoms. The van der Waals surface area contributed by atoms with Gasteiger partial charge in [-0.25, -0.2) is 0 Å². The van der Waals surface area contributed by atoms with E-state index in [1.165, 1.54) is 9.75 Å². The zero-order chi connectivity index (χ0) is 11.4. The van der Waals surface area contributed by atoms with Crippen molar-refractivity contribution < 1.29 is 4.79 Å². The second kappa shape index (κ2) is 5.28. The van der Waals surface area contributed by atoms with E-state index in [-0.39, 0.29) is 18.0 Å². The van der Waals surface area contributed by atoms with Crippen LogP contribution in [0.4, 0.5) is 0 Å². The summed E-state index contributed by atoms with van der Waals surface area (Å²) in [4.78, 5) is 13.9. The monoisotopic (exact) mass is 226 g/mol. The predicted molar refractivity (Wildman–Crippen MR) is 64.1 cm³/mol. The van der Waals surface area contributed by atoms with Gasteiger partial charge in [0.05, 0.1) is 6.04 Å². The molecule has 2 atom stereocenters. The first-order valence-electron chi connectivity index (χ1n) is 5.08. The molecule has 1 rings (SSSR count). The lowest BCUT2D eigenvalue weighted by Crippen LogP contribution is -2.41. The Balaban J connectivity index is 2.55. The third-order valence-corrected chi connectivity index (χ3v) is 3.51. The standard InChI is InChI=1S/C11H18N2OS/c1-7-5-6-10(15-7)8(2)13-9(3)11(14)12-4/h5-6,8-9,13H,1-4H3,(H,12,14). The van der Waals surface area contributed by atoms with Gasteiger partial charge in [-0.1, -0.05) is 0 Å². The third kappa shape index (κ3) is 3.32. The average Bonchev–Trinajstić information content (AvgIpc) is 2.63. The van der Waals surface area contributed by atoms with Crippen LogP contribution < -0.4 is 10.6 Å². The van der Waals surface area contributed by atoms with Crippen molar-refractivity contribution >= 4 is 17.2 Å². The highest BCUT2D eigenvalue weighted by atomic mass is 32.1. The first-order chi connectivity index (χ1) is 7.04. The largest absolute Gasteiger partial charge is 0.358 e. The number of carbonyl (C=O) groups excluding carboxylic acids is 1. The number of carbonyl (C=O) groups is 1. The van der Waals surface area contributed by atoms with Gasteiger partial charge in [-0.3, -0.25) is 10.1 Å². The summed E-state index contributed by atoms with van der Waals surface area (Å²) < 4.78 is 0. The SMILES string of the molecule is CNC(=O)C(C)NC(C)c1ccc(C)s1. The normalized spacial score (nSPS) is 14.7. The summed E-state index contributed by atoms with van der Waals surface area (Å²) >= 11 is 1.76. The Morgan fingerprint density at radius 3 is 2.53 bits per heavy atom. The van der Waals surface area contributed by atoms with Crippen LogP contribution in [-0.4, -0.2) is 19.0 Å². The quantitative estimate of drug-likeness (QED) is 0.822. The van der Waals surface area contributed by atoms with E-state index in [0.717, 1.165) is 0 Å². The fraction of sp³-hybridized carbons (Fsp3) is 0.545. The van der Waals surface area contributed by atoms with Crippen molar-refractivity contribution in [3.8, 4) is 0 Å². The summed E-state index contributed by atoms with van der Waals surface area (Å²) in [7, 11) is 1.65. The van der Waals surface area contributed by atoms with E-state index in [1.807, 2.05) is 6.92 Å². The van der Waals surface area contributed by atoms with Crippen molar-refractivity contribution in [3.05, 3.63) is 21.9 Å². The van der Waals surface area contributed by atoms with Gasteiger partial charge in [0.1, 0.15) is 0 Å². The van der Waals surface area contributed by atoms with Crippen LogP contribution in [0.2, 0.25) is 0 Å². The molecule has 0 bridgehead atoms. The number of rotatable bonds is 4. The maximum Gasteiger partial charge on any atom is 0.236 e. The number of amides is 1. The molecule has 0 radical (unpaired) electrons. The van der Waals surface area contributed by atoms with E-state index in [1.54, 1.807) is 18.4 Å². The molecule has 0 fully saturated rings. The minimum atomic E-state index is -0.160. The molecular formula is C11H18N2OS. The maximum absolute atomic E-state index is 11.3. The van der Waals surface area contributed by atoms with Gasteiger partial charge in [0.2, 0.25) is 5.91 Å². The Morgan fingerprint density at radius 2 is 2.07 bits per heavy atom. The van der Waals surface area contributed by atoms with Crippen molar-refractivity contribution in [2.24, 2.45) is 0 Å². The Hall–Kier alpha value is -0.870. The fourth-order valence-corrected chi connectivity index (χ4v) is 2.32. The number of thiophene rings is 1. The molecule has 0 aliphatic carbocycles. The van der Waals surface area contributed by atoms with Crippen molar-refractivity contribution in [2.45, 2.75) is 32.9 Å². The molecule has 0 spiro atoms. The number of hydrogen-bond donors (Lipinski definition) is 2. The Bertz CT molecular complexity index is 335. The van der Waals surface area contributed by atoms with Crippen molar-refractivity contribution in [2.75, 3.05) is 7.05 Å². The molecule has 1 aromatic rings. The summed E-state index contributed by atoms with van der Waals surface area (Å²) in [6.45, 7) is 6.03. The molecular weight excluding hydrogens is 208 g/mol. The maximum atomic E-state index is 11.3. The second-order valence-corrected chi connectivity index (χ2v) is 4.99. The van der Waals surface area contributed by atoms with Crippen molar-refractivity contribution in [1.29, 1.82) is 0 Å². The zero-order valence-corrected chi connectivity index (χ0v) is 10.4. The Morgan fingerprint density at radius 1 is 1.40 bits per heavy atom. The molecule has 2 unspecified atom stereocenters. The molecule has 15 heavy (non-hydrogen) atoms. The van der Waals surface area contributed by atoms with Crippen molar-refractivity contribution in [3.63, 3.8) is 0 Å². The number of nitrogens with one attached hydrogen (secondary N) is 2.